The van der Waals surface area contributed by atoms with E-state index in [1.807, 2.05) is 0 Å². The van der Waals surface area contributed by atoms with Crippen molar-refractivity contribution in [3.8, 4) is 0 Å². The van der Waals surface area contributed by atoms with Crippen LogP contribution in [0.2, 0.25) is 0 Å². The summed E-state index contributed by atoms with van der Waals surface area (Å²) in [6.45, 7) is 6.68. The average Bonchev–Trinajstić information content (AvgIpc) is 1.87. The minimum Gasteiger partial charge on any atom is -0.451 e. The van der Waals surface area contributed by atoms with Crippen molar-refractivity contribution in [1.82, 2.24) is 0 Å². The fraction of sp³-hybridized carbons (Fsp3) is 0.429. The van der Waals surface area contributed by atoms with Crippen molar-refractivity contribution in [2.24, 2.45) is 0 Å². The zero-order valence-electron chi connectivity index (χ0n) is 6.09. The summed E-state index contributed by atoms with van der Waals surface area (Å²) in [5.74, 6) is -0.453. The second-order valence-corrected chi connectivity index (χ2v) is 2.58. The molecule has 0 aromatic carbocycles. The number of esters is 1. The molecule has 0 radical (unpaired) electrons. The lowest BCUT2D eigenvalue weighted by molar-refractivity contribution is -0.144. The van der Waals surface area contributed by atoms with Crippen molar-refractivity contribution in [2.45, 2.75) is 19.4 Å². The van der Waals surface area contributed by atoms with E-state index in [2.05, 4.69) is 18.8 Å². The molecule has 0 aromatic heterocycles. The molecule has 2 nitrogen and oxygen atoms in total. The van der Waals surface area contributed by atoms with Crippen LogP contribution in [0.4, 0.5) is 0 Å². The Hall–Kier alpha value is -0.700. The maximum absolute atomic E-state index is 10.6. The second kappa shape index (κ2) is 3.46. The third-order valence-corrected chi connectivity index (χ3v) is 1.38. The van der Waals surface area contributed by atoms with Crippen LogP contribution in [0.3, 0.4) is 0 Å². The summed E-state index contributed by atoms with van der Waals surface area (Å²) in [5, 5.41) is 1.40. The lowest BCUT2D eigenvalue weighted by Crippen LogP contribution is -2.27. The number of carbonyl (C=O) groups is 1. The molecule has 0 saturated heterocycles. The first-order valence-electron chi connectivity index (χ1n) is 2.83. The molecule has 0 aliphatic heterocycles. The first kappa shape index (κ1) is 9.30. The molecule has 3 heteroatoms. The van der Waals surface area contributed by atoms with Gasteiger partial charge < -0.3 is 4.74 Å². The molecule has 0 aliphatic rings. The number of ether oxygens (including phenoxy) is 1. The lowest BCUT2D eigenvalue weighted by atomic mass is 10.2. The second-order valence-electron chi connectivity index (χ2n) is 2.35. The van der Waals surface area contributed by atoms with E-state index < -0.39 is 11.6 Å². The third kappa shape index (κ3) is 3.35. The van der Waals surface area contributed by atoms with Crippen molar-refractivity contribution in [3.05, 3.63) is 12.7 Å². The molecule has 0 spiro atoms. The predicted octanol–water partition coefficient (Wildman–Crippen LogP) is 1.49. The molecule has 0 fully saturated rings. The van der Waals surface area contributed by atoms with Crippen LogP contribution in [-0.2, 0) is 9.53 Å². The van der Waals surface area contributed by atoms with Crippen LogP contribution in [-0.4, -0.2) is 16.9 Å². The van der Waals surface area contributed by atoms with E-state index in [1.165, 1.54) is 5.37 Å². The Kier molecular flexibility index (Phi) is 3.22. The van der Waals surface area contributed by atoms with Crippen molar-refractivity contribution in [2.75, 3.05) is 0 Å². The summed E-state index contributed by atoms with van der Waals surface area (Å²) in [7, 11) is 0. The lowest BCUT2D eigenvalue weighted by Gasteiger charge is -2.17. The number of hydrogen-bond acceptors (Lipinski definition) is 3. The van der Waals surface area contributed by atoms with Crippen molar-refractivity contribution in [1.29, 1.82) is 0 Å². The van der Waals surface area contributed by atoms with Crippen LogP contribution in [0, 0.1) is 0 Å². The highest BCUT2D eigenvalue weighted by atomic mass is 32.1. The van der Waals surface area contributed by atoms with Crippen LogP contribution in [0.1, 0.15) is 13.8 Å². The molecule has 0 amide bonds. The summed E-state index contributed by atoms with van der Waals surface area (Å²) >= 11 is 4.62. The minimum atomic E-state index is -0.666. The van der Waals surface area contributed by atoms with E-state index >= 15 is 0 Å². The largest absolute Gasteiger partial charge is 0.451 e. The Morgan fingerprint density at radius 3 is 2.50 bits per heavy atom. The molecule has 0 rings (SSSR count). The van der Waals surface area contributed by atoms with Gasteiger partial charge >= 0.3 is 5.97 Å². The van der Waals surface area contributed by atoms with E-state index in [1.54, 1.807) is 13.8 Å². The molecule has 0 N–H and O–H groups in total. The van der Waals surface area contributed by atoms with Crippen molar-refractivity contribution < 1.29 is 9.53 Å². The van der Waals surface area contributed by atoms with Gasteiger partial charge in [-0.1, -0.05) is 18.8 Å². The molecule has 0 unspecified atom stereocenters. The third-order valence-electron chi connectivity index (χ3n) is 0.814. The summed E-state index contributed by atoms with van der Waals surface area (Å²) in [4.78, 5) is 10.6. The first-order valence-corrected chi connectivity index (χ1v) is 3.31. The number of carbonyl (C=O) groups excluding carboxylic acids is 1. The van der Waals surface area contributed by atoms with Gasteiger partial charge in [0.2, 0.25) is 0 Å². The number of hydrogen-bond donors (Lipinski definition) is 0. The van der Waals surface area contributed by atoms with Gasteiger partial charge in [0, 0.05) is 11.4 Å². The Morgan fingerprint density at radius 2 is 2.20 bits per heavy atom. The zero-order chi connectivity index (χ0) is 8.20. The van der Waals surface area contributed by atoms with Crippen LogP contribution in [0.5, 0.6) is 0 Å². The number of thiocarbonyl (C=S) groups is 1. The van der Waals surface area contributed by atoms with Gasteiger partial charge in [0.25, 0.3) is 0 Å². The SMILES string of the molecule is C=CC(=O)OC(C)(C)C=S. The summed E-state index contributed by atoms with van der Waals surface area (Å²) in [6, 6.07) is 0. The van der Waals surface area contributed by atoms with Crippen molar-refractivity contribution in [3.63, 3.8) is 0 Å². The molecular formula is C7H10O2S. The van der Waals surface area contributed by atoms with Crippen molar-refractivity contribution >= 4 is 23.6 Å². The standard InChI is InChI=1S/C7H10O2S/c1-4-6(8)9-7(2,3)5-10/h4-5H,1H2,2-3H3. The highest BCUT2D eigenvalue weighted by Gasteiger charge is 2.16. The average molecular weight is 158 g/mol. The maximum atomic E-state index is 10.6. The Balaban J connectivity index is 4.00. The van der Waals surface area contributed by atoms with E-state index in [9.17, 15) is 4.79 Å². The molecule has 0 aromatic rings. The fourth-order valence-electron chi connectivity index (χ4n) is 0.325. The molecular weight excluding hydrogens is 148 g/mol. The molecule has 56 valence electrons. The van der Waals surface area contributed by atoms with Gasteiger partial charge in [0.05, 0.1) is 0 Å². The van der Waals surface area contributed by atoms with Gasteiger partial charge in [0.1, 0.15) is 5.60 Å². The van der Waals surface area contributed by atoms with E-state index in [-0.39, 0.29) is 0 Å². The predicted molar refractivity (Wildman–Crippen MR) is 44.0 cm³/mol. The monoisotopic (exact) mass is 158 g/mol. The topological polar surface area (TPSA) is 26.3 Å². The fourth-order valence-corrected chi connectivity index (χ4v) is 0.373. The van der Waals surface area contributed by atoms with Gasteiger partial charge in [-0.25, -0.2) is 4.79 Å². The van der Waals surface area contributed by atoms with Crippen LogP contribution in [0.15, 0.2) is 12.7 Å². The molecule has 0 bridgehead atoms. The normalized spacial score (nSPS) is 10.2. The number of rotatable bonds is 3. The smallest absolute Gasteiger partial charge is 0.331 e. The van der Waals surface area contributed by atoms with Gasteiger partial charge in [-0.3, -0.25) is 0 Å². The molecule has 0 saturated carbocycles. The van der Waals surface area contributed by atoms with Crippen LogP contribution >= 0.6 is 12.2 Å². The zero-order valence-corrected chi connectivity index (χ0v) is 6.90. The van der Waals surface area contributed by atoms with E-state index in [0.29, 0.717) is 0 Å². The van der Waals surface area contributed by atoms with E-state index in [4.69, 9.17) is 4.74 Å². The summed E-state index contributed by atoms with van der Waals surface area (Å²) in [5.41, 5.74) is -0.666. The molecule has 0 aliphatic carbocycles. The van der Waals surface area contributed by atoms with Gasteiger partial charge in [0.15, 0.2) is 0 Å². The Bertz CT molecular complexity index is 161. The van der Waals surface area contributed by atoms with Crippen LogP contribution < -0.4 is 0 Å². The Morgan fingerprint density at radius 1 is 1.70 bits per heavy atom. The van der Waals surface area contributed by atoms with E-state index in [0.717, 1.165) is 6.08 Å². The highest BCUT2D eigenvalue weighted by Crippen LogP contribution is 2.05. The summed E-state index contributed by atoms with van der Waals surface area (Å²) < 4.78 is 4.82. The molecule has 0 heterocycles. The minimum absolute atomic E-state index is 0.453. The van der Waals surface area contributed by atoms with Gasteiger partial charge in [-0.2, -0.15) is 0 Å². The summed E-state index contributed by atoms with van der Waals surface area (Å²) in [6.07, 6.45) is 1.11. The quantitative estimate of drug-likeness (QED) is 0.353. The highest BCUT2D eigenvalue weighted by molar-refractivity contribution is 7.79. The molecule has 10 heavy (non-hydrogen) atoms. The maximum Gasteiger partial charge on any atom is 0.331 e. The molecule has 0 atom stereocenters. The van der Waals surface area contributed by atoms with Crippen LogP contribution in [0.25, 0.3) is 0 Å². The Labute approximate surface area is 65.9 Å². The first-order chi connectivity index (χ1) is 4.52. The van der Waals surface area contributed by atoms with Gasteiger partial charge in [-0.15, -0.1) is 0 Å². The van der Waals surface area contributed by atoms with Gasteiger partial charge in [-0.05, 0) is 13.8 Å².